The summed E-state index contributed by atoms with van der Waals surface area (Å²) >= 11 is 0. The standard InChI is InChI=1S/C12H22N2O2/c1-10(11(15)16)14-8-7-13-9-12(14)5-3-2-4-6-12/h10,13H,2-9H2,1H3,(H,15,16). The Hall–Kier alpha value is -0.610. The molecule has 4 nitrogen and oxygen atoms in total. The summed E-state index contributed by atoms with van der Waals surface area (Å²) in [5.41, 5.74) is 0.119. The number of hydrogen-bond acceptors (Lipinski definition) is 3. The number of carboxylic acids is 1. The van der Waals surface area contributed by atoms with Crippen molar-refractivity contribution in [1.29, 1.82) is 0 Å². The van der Waals surface area contributed by atoms with Gasteiger partial charge in [0.1, 0.15) is 6.04 Å². The van der Waals surface area contributed by atoms with Crippen molar-refractivity contribution < 1.29 is 9.90 Å². The minimum Gasteiger partial charge on any atom is -0.480 e. The second-order valence-electron chi connectivity index (χ2n) is 5.17. The summed E-state index contributed by atoms with van der Waals surface area (Å²) in [4.78, 5) is 13.4. The van der Waals surface area contributed by atoms with E-state index in [1.54, 1.807) is 0 Å². The maximum Gasteiger partial charge on any atom is 0.320 e. The smallest absolute Gasteiger partial charge is 0.320 e. The van der Waals surface area contributed by atoms with E-state index in [9.17, 15) is 9.90 Å². The number of nitrogens with zero attached hydrogens (tertiary/aromatic N) is 1. The topological polar surface area (TPSA) is 52.6 Å². The van der Waals surface area contributed by atoms with E-state index >= 15 is 0 Å². The molecule has 0 aromatic carbocycles. The van der Waals surface area contributed by atoms with Crippen molar-refractivity contribution >= 4 is 5.97 Å². The zero-order chi connectivity index (χ0) is 11.6. The molecule has 1 saturated carbocycles. The number of hydrogen-bond donors (Lipinski definition) is 2. The van der Waals surface area contributed by atoms with E-state index in [1.165, 1.54) is 19.3 Å². The van der Waals surface area contributed by atoms with Gasteiger partial charge in [0.05, 0.1) is 0 Å². The van der Waals surface area contributed by atoms with E-state index in [4.69, 9.17) is 0 Å². The molecule has 1 saturated heterocycles. The van der Waals surface area contributed by atoms with Crippen molar-refractivity contribution in [3.05, 3.63) is 0 Å². The lowest BCUT2D eigenvalue weighted by molar-refractivity contribution is -0.147. The largest absolute Gasteiger partial charge is 0.480 e. The van der Waals surface area contributed by atoms with Crippen LogP contribution in [0.1, 0.15) is 39.0 Å². The van der Waals surface area contributed by atoms with Crippen LogP contribution in [0.15, 0.2) is 0 Å². The van der Waals surface area contributed by atoms with Gasteiger partial charge in [-0.05, 0) is 19.8 Å². The van der Waals surface area contributed by atoms with Gasteiger partial charge in [-0.15, -0.1) is 0 Å². The van der Waals surface area contributed by atoms with E-state index in [0.717, 1.165) is 32.5 Å². The van der Waals surface area contributed by atoms with Gasteiger partial charge in [0, 0.05) is 25.2 Å². The van der Waals surface area contributed by atoms with Crippen molar-refractivity contribution in [3.63, 3.8) is 0 Å². The van der Waals surface area contributed by atoms with Crippen LogP contribution in [0.2, 0.25) is 0 Å². The first-order valence-corrected chi connectivity index (χ1v) is 6.36. The molecule has 1 aliphatic heterocycles. The molecular weight excluding hydrogens is 204 g/mol. The van der Waals surface area contributed by atoms with Crippen LogP contribution in [0.4, 0.5) is 0 Å². The van der Waals surface area contributed by atoms with Crippen LogP contribution >= 0.6 is 0 Å². The average molecular weight is 226 g/mol. The highest BCUT2D eigenvalue weighted by atomic mass is 16.4. The molecule has 2 rings (SSSR count). The molecule has 2 fully saturated rings. The molecule has 0 amide bonds. The number of aliphatic carboxylic acids is 1. The summed E-state index contributed by atoms with van der Waals surface area (Å²) in [5, 5.41) is 12.6. The highest BCUT2D eigenvalue weighted by Gasteiger charge is 2.43. The second-order valence-corrected chi connectivity index (χ2v) is 5.17. The second kappa shape index (κ2) is 4.72. The monoisotopic (exact) mass is 226 g/mol. The third-order valence-electron chi connectivity index (χ3n) is 4.20. The Labute approximate surface area is 97.0 Å². The third-order valence-corrected chi connectivity index (χ3v) is 4.20. The van der Waals surface area contributed by atoms with E-state index in [1.807, 2.05) is 6.92 Å². The van der Waals surface area contributed by atoms with E-state index < -0.39 is 5.97 Å². The molecule has 1 unspecified atom stereocenters. The maximum atomic E-state index is 11.2. The summed E-state index contributed by atoms with van der Waals surface area (Å²) < 4.78 is 0. The van der Waals surface area contributed by atoms with E-state index in [2.05, 4.69) is 10.2 Å². The zero-order valence-electron chi connectivity index (χ0n) is 10.0. The lowest BCUT2D eigenvalue weighted by Crippen LogP contribution is -2.65. The molecule has 1 atom stereocenters. The molecule has 2 N–H and O–H groups in total. The predicted molar refractivity (Wildman–Crippen MR) is 62.5 cm³/mol. The maximum absolute atomic E-state index is 11.2. The molecular formula is C12H22N2O2. The minimum atomic E-state index is -0.688. The van der Waals surface area contributed by atoms with Crippen molar-refractivity contribution in [1.82, 2.24) is 10.2 Å². The number of nitrogens with one attached hydrogen (secondary N) is 1. The Morgan fingerprint density at radius 3 is 2.69 bits per heavy atom. The molecule has 4 heteroatoms. The first kappa shape index (κ1) is 11.9. The molecule has 0 aromatic heterocycles. The van der Waals surface area contributed by atoms with Gasteiger partial charge in [0.15, 0.2) is 0 Å². The average Bonchev–Trinajstić information content (AvgIpc) is 2.30. The third kappa shape index (κ3) is 2.09. The van der Waals surface area contributed by atoms with Crippen LogP contribution in [0.25, 0.3) is 0 Å². The fraction of sp³-hybridized carbons (Fsp3) is 0.917. The number of piperazine rings is 1. The summed E-state index contributed by atoms with van der Waals surface area (Å²) in [5.74, 6) is -0.688. The molecule has 0 bridgehead atoms. The lowest BCUT2D eigenvalue weighted by atomic mass is 9.78. The van der Waals surface area contributed by atoms with Crippen LogP contribution in [-0.2, 0) is 4.79 Å². The van der Waals surface area contributed by atoms with Gasteiger partial charge < -0.3 is 10.4 Å². The van der Waals surface area contributed by atoms with Gasteiger partial charge in [0.2, 0.25) is 0 Å². The van der Waals surface area contributed by atoms with Crippen LogP contribution in [0.5, 0.6) is 0 Å². The summed E-state index contributed by atoms with van der Waals surface area (Å²) in [6.45, 7) is 4.57. The Kier molecular flexibility index (Phi) is 3.50. The first-order valence-electron chi connectivity index (χ1n) is 6.36. The predicted octanol–water partition coefficient (Wildman–Crippen LogP) is 1.07. The molecule has 0 radical (unpaired) electrons. The molecule has 1 spiro atoms. The summed E-state index contributed by atoms with van der Waals surface area (Å²) in [6, 6.07) is -0.347. The van der Waals surface area contributed by atoms with Crippen molar-refractivity contribution in [2.45, 2.75) is 50.6 Å². The van der Waals surface area contributed by atoms with Gasteiger partial charge >= 0.3 is 5.97 Å². The van der Waals surface area contributed by atoms with E-state index in [0.29, 0.717) is 0 Å². The number of carboxylic acid groups (broad SMARTS) is 1. The summed E-state index contributed by atoms with van der Waals surface area (Å²) in [6.07, 6.45) is 6.08. The van der Waals surface area contributed by atoms with Gasteiger partial charge in [-0.3, -0.25) is 9.69 Å². The zero-order valence-corrected chi connectivity index (χ0v) is 10.0. The van der Waals surface area contributed by atoms with Gasteiger partial charge in [-0.1, -0.05) is 19.3 Å². The van der Waals surface area contributed by atoms with Crippen molar-refractivity contribution in [2.75, 3.05) is 19.6 Å². The molecule has 16 heavy (non-hydrogen) atoms. The van der Waals surface area contributed by atoms with Gasteiger partial charge in [0.25, 0.3) is 0 Å². The van der Waals surface area contributed by atoms with Crippen LogP contribution in [-0.4, -0.2) is 47.2 Å². The Balaban J connectivity index is 2.15. The Morgan fingerprint density at radius 2 is 2.06 bits per heavy atom. The molecule has 0 aromatic rings. The minimum absolute atomic E-state index is 0.119. The number of rotatable bonds is 2. The molecule has 1 heterocycles. The van der Waals surface area contributed by atoms with E-state index in [-0.39, 0.29) is 11.6 Å². The van der Waals surface area contributed by atoms with Crippen molar-refractivity contribution in [2.24, 2.45) is 0 Å². The fourth-order valence-electron chi connectivity index (χ4n) is 3.27. The van der Waals surface area contributed by atoms with Gasteiger partial charge in [-0.25, -0.2) is 0 Å². The lowest BCUT2D eigenvalue weighted by Gasteiger charge is -2.51. The Bertz CT molecular complexity index is 253. The highest BCUT2D eigenvalue weighted by molar-refractivity contribution is 5.73. The summed E-state index contributed by atoms with van der Waals surface area (Å²) in [7, 11) is 0. The molecule has 1 aliphatic carbocycles. The highest BCUT2D eigenvalue weighted by Crippen LogP contribution is 2.35. The SMILES string of the molecule is CC(C(=O)O)N1CCNCC12CCCCC2. The van der Waals surface area contributed by atoms with Crippen molar-refractivity contribution in [3.8, 4) is 0 Å². The quantitative estimate of drug-likeness (QED) is 0.739. The van der Waals surface area contributed by atoms with Crippen LogP contribution in [0.3, 0.4) is 0 Å². The normalized spacial score (nSPS) is 27.8. The van der Waals surface area contributed by atoms with Crippen LogP contribution < -0.4 is 5.32 Å². The van der Waals surface area contributed by atoms with Crippen LogP contribution in [0, 0.1) is 0 Å². The fourth-order valence-corrected chi connectivity index (χ4v) is 3.27. The first-order chi connectivity index (χ1) is 7.66. The number of carbonyl (C=O) groups is 1. The van der Waals surface area contributed by atoms with Gasteiger partial charge in [-0.2, -0.15) is 0 Å². The molecule has 2 aliphatic rings. The molecule has 92 valence electrons. The Morgan fingerprint density at radius 1 is 1.38 bits per heavy atom.